The molecule has 2 aromatic carbocycles. The first-order valence-corrected chi connectivity index (χ1v) is 8.99. The molecule has 1 aliphatic heterocycles. The highest BCUT2D eigenvalue weighted by atomic mass is 16.5. The van der Waals surface area contributed by atoms with Crippen LogP contribution in [0.15, 0.2) is 54.6 Å². The highest BCUT2D eigenvalue weighted by Crippen LogP contribution is 2.21. The van der Waals surface area contributed by atoms with Crippen molar-refractivity contribution in [2.24, 2.45) is 0 Å². The monoisotopic (exact) mass is 368 g/mol. The summed E-state index contributed by atoms with van der Waals surface area (Å²) in [5, 5.41) is 2.71. The second kappa shape index (κ2) is 9.19. The van der Waals surface area contributed by atoms with E-state index in [0.717, 1.165) is 16.9 Å². The fraction of sp³-hybridized carbons (Fsp3) is 0.333. The van der Waals surface area contributed by atoms with Crippen LogP contribution in [0, 0.1) is 0 Å². The van der Waals surface area contributed by atoms with Crippen molar-refractivity contribution in [3.8, 4) is 5.75 Å². The van der Waals surface area contributed by atoms with Gasteiger partial charge in [-0.2, -0.15) is 0 Å². The molecule has 1 atom stereocenters. The van der Waals surface area contributed by atoms with Crippen LogP contribution in [0.2, 0.25) is 0 Å². The standard InChI is InChI=1S/C21H24N2O4/c1-26-18-9-7-16(8-10-18)13-20(24)22-14-21(25)23-11-12-27-19(15-23)17-5-3-2-4-6-17/h2-10,19H,11-15H2,1H3,(H,22,24). The van der Waals surface area contributed by atoms with Gasteiger partial charge in [-0.3, -0.25) is 9.59 Å². The summed E-state index contributed by atoms with van der Waals surface area (Å²) >= 11 is 0. The minimum Gasteiger partial charge on any atom is -0.497 e. The lowest BCUT2D eigenvalue weighted by molar-refractivity contribution is -0.139. The van der Waals surface area contributed by atoms with Crippen LogP contribution in [0.3, 0.4) is 0 Å². The molecular formula is C21H24N2O4. The van der Waals surface area contributed by atoms with Crippen LogP contribution in [0.1, 0.15) is 17.2 Å². The van der Waals surface area contributed by atoms with Gasteiger partial charge in [0.2, 0.25) is 11.8 Å². The second-order valence-electron chi connectivity index (χ2n) is 6.41. The predicted molar refractivity (Wildman–Crippen MR) is 101 cm³/mol. The van der Waals surface area contributed by atoms with Crippen molar-refractivity contribution in [1.29, 1.82) is 0 Å². The van der Waals surface area contributed by atoms with Crippen molar-refractivity contribution >= 4 is 11.8 Å². The molecule has 1 fully saturated rings. The summed E-state index contributed by atoms with van der Waals surface area (Å²) in [7, 11) is 1.60. The van der Waals surface area contributed by atoms with Crippen molar-refractivity contribution in [3.05, 3.63) is 65.7 Å². The van der Waals surface area contributed by atoms with Crippen LogP contribution < -0.4 is 10.1 Å². The summed E-state index contributed by atoms with van der Waals surface area (Å²) in [5.74, 6) is 0.471. The normalized spacial score (nSPS) is 16.6. The Morgan fingerprint density at radius 3 is 2.59 bits per heavy atom. The molecule has 27 heavy (non-hydrogen) atoms. The van der Waals surface area contributed by atoms with Gasteiger partial charge >= 0.3 is 0 Å². The molecule has 1 N–H and O–H groups in total. The van der Waals surface area contributed by atoms with E-state index in [1.54, 1.807) is 12.0 Å². The summed E-state index contributed by atoms with van der Waals surface area (Å²) in [6, 6.07) is 17.2. The number of carbonyl (C=O) groups is 2. The van der Waals surface area contributed by atoms with E-state index in [9.17, 15) is 9.59 Å². The number of hydrogen-bond acceptors (Lipinski definition) is 4. The number of methoxy groups -OCH3 is 1. The SMILES string of the molecule is COc1ccc(CC(=O)NCC(=O)N2CCOC(c3ccccc3)C2)cc1. The van der Waals surface area contributed by atoms with Crippen LogP contribution in [-0.4, -0.2) is 50.1 Å². The molecule has 0 radical (unpaired) electrons. The summed E-state index contributed by atoms with van der Waals surface area (Å²) in [6.45, 7) is 1.52. The van der Waals surface area contributed by atoms with Gasteiger partial charge in [0.1, 0.15) is 11.9 Å². The molecule has 0 saturated carbocycles. The molecule has 0 aromatic heterocycles. The maximum atomic E-state index is 12.5. The summed E-state index contributed by atoms with van der Waals surface area (Å²) in [5.41, 5.74) is 1.93. The number of morpholine rings is 1. The van der Waals surface area contributed by atoms with Crippen molar-refractivity contribution < 1.29 is 19.1 Å². The van der Waals surface area contributed by atoms with E-state index in [0.29, 0.717) is 19.7 Å². The third-order valence-corrected chi connectivity index (χ3v) is 4.55. The molecule has 1 aliphatic rings. The van der Waals surface area contributed by atoms with E-state index < -0.39 is 0 Å². The first-order chi connectivity index (χ1) is 13.2. The third-order valence-electron chi connectivity index (χ3n) is 4.55. The zero-order valence-electron chi connectivity index (χ0n) is 15.4. The van der Waals surface area contributed by atoms with Gasteiger partial charge in [0, 0.05) is 6.54 Å². The number of hydrogen-bond donors (Lipinski definition) is 1. The third kappa shape index (κ3) is 5.31. The molecule has 0 spiro atoms. The van der Waals surface area contributed by atoms with E-state index in [2.05, 4.69) is 5.32 Å². The highest BCUT2D eigenvalue weighted by molar-refractivity contribution is 5.85. The van der Waals surface area contributed by atoms with E-state index in [4.69, 9.17) is 9.47 Å². The van der Waals surface area contributed by atoms with Crippen molar-refractivity contribution in [2.75, 3.05) is 33.4 Å². The number of nitrogens with one attached hydrogen (secondary N) is 1. The lowest BCUT2D eigenvalue weighted by Crippen LogP contribution is -2.46. The number of benzene rings is 2. The van der Waals surface area contributed by atoms with Crippen LogP contribution in [0.4, 0.5) is 0 Å². The minimum atomic E-state index is -0.179. The van der Waals surface area contributed by atoms with Gasteiger partial charge in [0.25, 0.3) is 0 Å². The Bertz CT molecular complexity index is 762. The number of nitrogens with zero attached hydrogens (tertiary/aromatic N) is 1. The van der Waals surface area contributed by atoms with Crippen LogP contribution in [0.5, 0.6) is 5.75 Å². The molecule has 1 heterocycles. The molecule has 6 nitrogen and oxygen atoms in total. The number of amides is 2. The van der Waals surface area contributed by atoms with Gasteiger partial charge in [-0.1, -0.05) is 42.5 Å². The Labute approximate surface area is 159 Å². The van der Waals surface area contributed by atoms with Crippen LogP contribution in [-0.2, 0) is 20.7 Å². The molecule has 6 heteroatoms. The Morgan fingerprint density at radius 2 is 1.89 bits per heavy atom. The van der Waals surface area contributed by atoms with E-state index in [1.807, 2.05) is 54.6 Å². The average Bonchev–Trinajstić information content (AvgIpc) is 2.73. The molecular weight excluding hydrogens is 344 g/mol. The summed E-state index contributed by atoms with van der Waals surface area (Å²) < 4.78 is 10.9. The predicted octanol–water partition coefficient (Wildman–Crippen LogP) is 1.95. The van der Waals surface area contributed by atoms with Gasteiger partial charge in [0.05, 0.1) is 33.2 Å². The Kier molecular flexibility index (Phi) is 6.44. The Morgan fingerprint density at radius 1 is 1.15 bits per heavy atom. The minimum absolute atomic E-state index is 0.00347. The molecule has 3 rings (SSSR count). The number of ether oxygens (including phenoxy) is 2. The smallest absolute Gasteiger partial charge is 0.242 e. The molecule has 2 aromatic rings. The molecule has 1 unspecified atom stereocenters. The Balaban J connectivity index is 1.47. The Hall–Kier alpha value is -2.86. The lowest BCUT2D eigenvalue weighted by atomic mass is 10.1. The largest absolute Gasteiger partial charge is 0.497 e. The maximum absolute atomic E-state index is 12.5. The molecule has 142 valence electrons. The highest BCUT2D eigenvalue weighted by Gasteiger charge is 2.25. The first kappa shape index (κ1) is 18.9. The molecule has 0 bridgehead atoms. The van der Waals surface area contributed by atoms with E-state index >= 15 is 0 Å². The lowest BCUT2D eigenvalue weighted by Gasteiger charge is -2.33. The zero-order valence-corrected chi connectivity index (χ0v) is 15.4. The van der Waals surface area contributed by atoms with E-state index in [1.165, 1.54) is 0 Å². The fourth-order valence-corrected chi connectivity index (χ4v) is 3.02. The van der Waals surface area contributed by atoms with Gasteiger partial charge < -0.3 is 19.7 Å². The van der Waals surface area contributed by atoms with Crippen molar-refractivity contribution in [1.82, 2.24) is 10.2 Å². The average molecular weight is 368 g/mol. The summed E-state index contributed by atoms with van der Waals surface area (Å²) in [4.78, 5) is 26.3. The van der Waals surface area contributed by atoms with Gasteiger partial charge in [0.15, 0.2) is 0 Å². The van der Waals surface area contributed by atoms with Gasteiger partial charge in [-0.15, -0.1) is 0 Å². The quantitative estimate of drug-likeness (QED) is 0.846. The molecule has 2 amide bonds. The zero-order chi connectivity index (χ0) is 19.1. The summed E-state index contributed by atoms with van der Waals surface area (Å²) in [6.07, 6.45) is 0.103. The number of carbonyl (C=O) groups excluding carboxylic acids is 2. The second-order valence-corrected chi connectivity index (χ2v) is 6.41. The molecule has 0 aliphatic carbocycles. The number of rotatable bonds is 6. The van der Waals surface area contributed by atoms with Gasteiger partial charge in [-0.05, 0) is 23.3 Å². The van der Waals surface area contributed by atoms with Crippen LogP contribution in [0.25, 0.3) is 0 Å². The van der Waals surface area contributed by atoms with Gasteiger partial charge in [-0.25, -0.2) is 0 Å². The van der Waals surface area contributed by atoms with E-state index in [-0.39, 0.29) is 30.9 Å². The fourth-order valence-electron chi connectivity index (χ4n) is 3.02. The maximum Gasteiger partial charge on any atom is 0.242 e. The van der Waals surface area contributed by atoms with Crippen LogP contribution >= 0.6 is 0 Å². The topological polar surface area (TPSA) is 67.9 Å². The first-order valence-electron chi connectivity index (χ1n) is 8.99. The van der Waals surface area contributed by atoms with Crippen molar-refractivity contribution in [2.45, 2.75) is 12.5 Å². The van der Waals surface area contributed by atoms with Crippen molar-refractivity contribution in [3.63, 3.8) is 0 Å². The molecule has 1 saturated heterocycles.